The van der Waals surface area contributed by atoms with Gasteiger partial charge in [0.1, 0.15) is 5.82 Å². The van der Waals surface area contributed by atoms with Gasteiger partial charge in [-0.3, -0.25) is 4.79 Å². The van der Waals surface area contributed by atoms with E-state index in [0.717, 1.165) is 0 Å². The van der Waals surface area contributed by atoms with Crippen molar-refractivity contribution in [1.82, 2.24) is 0 Å². The monoisotopic (exact) mass is 328 g/mol. The average Bonchev–Trinajstić information content (AvgIpc) is 2.02. The van der Waals surface area contributed by atoms with E-state index in [2.05, 4.69) is 31.9 Å². The Balaban J connectivity index is 3.28. The lowest BCUT2D eigenvalue weighted by molar-refractivity contribution is 0.101. The quantitative estimate of drug-likeness (QED) is 0.596. The molecule has 1 rings (SSSR count). The van der Waals surface area contributed by atoms with Gasteiger partial charge in [-0.05, 0) is 44.0 Å². The number of carbonyl (C=O) groups excluding carboxylic acids is 1. The molecule has 70 valence electrons. The maximum Gasteiger partial charge on any atom is 0.179 e. The smallest absolute Gasteiger partial charge is 0.179 e. The molecule has 13 heavy (non-hydrogen) atoms. The van der Waals surface area contributed by atoms with Crippen molar-refractivity contribution in [2.75, 3.05) is 5.88 Å². The van der Waals surface area contributed by atoms with Crippen LogP contribution in [0.15, 0.2) is 21.1 Å². The molecule has 0 saturated heterocycles. The van der Waals surface area contributed by atoms with Gasteiger partial charge in [-0.15, -0.1) is 11.6 Å². The molecule has 0 aliphatic carbocycles. The Bertz CT molecular complexity index is 331. The van der Waals surface area contributed by atoms with E-state index in [1.807, 2.05) is 0 Å². The van der Waals surface area contributed by atoms with E-state index >= 15 is 0 Å². The predicted molar refractivity (Wildman–Crippen MR) is 56.9 cm³/mol. The number of halogens is 4. The van der Waals surface area contributed by atoms with Crippen molar-refractivity contribution in [3.63, 3.8) is 0 Å². The Kier molecular flexibility index (Phi) is 3.88. The fourth-order valence-corrected chi connectivity index (χ4v) is 2.58. The fourth-order valence-electron chi connectivity index (χ4n) is 0.875. The van der Waals surface area contributed by atoms with Crippen LogP contribution in [-0.4, -0.2) is 11.7 Å². The molecule has 0 heterocycles. The summed E-state index contributed by atoms with van der Waals surface area (Å²) in [5, 5.41) is 0. The van der Waals surface area contributed by atoms with E-state index in [4.69, 9.17) is 11.6 Å². The Labute approximate surface area is 96.5 Å². The molecule has 0 radical (unpaired) electrons. The number of carbonyl (C=O) groups is 1. The topological polar surface area (TPSA) is 17.1 Å². The lowest BCUT2D eigenvalue weighted by Crippen LogP contribution is -2.03. The van der Waals surface area contributed by atoms with Gasteiger partial charge in [0.25, 0.3) is 0 Å². The SMILES string of the molecule is O=C(CCl)c1c(Br)cc(F)cc1Br. The number of hydrogen-bond donors (Lipinski definition) is 0. The number of ketones is 1. The van der Waals surface area contributed by atoms with Crippen molar-refractivity contribution in [2.45, 2.75) is 0 Å². The van der Waals surface area contributed by atoms with Crippen molar-refractivity contribution in [3.8, 4) is 0 Å². The van der Waals surface area contributed by atoms with Crippen LogP contribution in [0, 0.1) is 5.82 Å². The van der Waals surface area contributed by atoms with Crippen LogP contribution in [0.1, 0.15) is 10.4 Å². The number of hydrogen-bond acceptors (Lipinski definition) is 1. The van der Waals surface area contributed by atoms with Crippen molar-refractivity contribution < 1.29 is 9.18 Å². The zero-order valence-electron chi connectivity index (χ0n) is 6.28. The van der Waals surface area contributed by atoms with Gasteiger partial charge in [0.05, 0.1) is 5.88 Å². The molecule has 0 saturated carbocycles. The first-order valence-electron chi connectivity index (χ1n) is 3.30. The Hall–Kier alpha value is 0.0700. The minimum atomic E-state index is -0.412. The summed E-state index contributed by atoms with van der Waals surface area (Å²) in [6.07, 6.45) is 0. The molecule has 0 atom stereocenters. The maximum absolute atomic E-state index is 12.8. The zero-order valence-corrected chi connectivity index (χ0v) is 10.2. The van der Waals surface area contributed by atoms with Crippen molar-refractivity contribution in [1.29, 1.82) is 0 Å². The molecular weight excluding hydrogens is 326 g/mol. The summed E-state index contributed by atoms with van der Waals surface area (Å²) in [5.41, 5.74) is 0.372. The first kappa shape index (κ1) is 11.1. The molecule has 0 aliphatic rings. The van der Waals surface area contributed by atoms with Crippen LogP contribution in [0.3, 0.4) is 0 Å². The predicted octanol–water partition coefficient (Wildman–Crippen LogP) is 3.77. The third kappa shape index (κ3) is 2.51. The van der Waals surface area contributed by atoms with Gasteiger partial charge < -0.3 is 0 Å². The van der Waals surface area contributed by atoms with Crippen LogP contribution in [0.4, 0.5) is 4.39 Å². The van der Waals surface area contributed by atoms with Crippen molar-refractivity contribution >= 4 is 49.2 Å². The van der Waals surface area contributed by atoms with Crippen molar-refractivity contribution in [3.05, 3.63) is 32.5 Å². The molecule has 1 aromatic carbocycles. The van der Waals surface area contributed by atoms with E-state index in [-0.39, 0.29) is 11.7 Å². The number of benzene rings is 1. The third-order valence-electron chi connectivity index (χ3n) is 1.41. The first-order chi connectivity index (χ1) is 6.06. The minimum Gasteiger partial charge on any atom is -0.293 e. The van der Waals surface area contributed by atoms with Crippen LogP contribution in [0.5, 0.6) is 0 Å². The van der Waals surface area contributed by atoms with Crippen LogP contribution in [0.2, 0.25) is 0 Å². The van der Waals surface area contributed by atoms with E-state index in [1.54, 1.807) is 0 Å². The summed E-state index contributed by atoms with van der Waals surface area (Å²) in [4.78, 5) is 11.3. The fraction of sp³-hybridized carbons (Fsp3) is 0.125. The highest BCUT2D eigenvalue weighted by atomic mass is 79.9. The second kappa shape index (κ2) is 4.53. The summed E-state index contributed by atoms with van der Waals surface area (Å²) >= 11 is 11.6. The normalized spacial score (nSPS) is 10.2. The van der Waals surface area contributed by atoms with Crippen LogP contribution >= 0.6 is 43.5 Å². The lowest BCUT2D eigenvalue weighted by Gasteiger charge is -2.04. The molecule has 1 nitrogen and oxygen atoms in total. The molecule has 0 fully saturated rings. The van der Waals surface area contributed by atoms with Crippen molar-refractivity contribution in [2.24, 2.45) is 0 Å². The number of Topliss-reactive ketones (excluding diaryl/α,β-unsaturated/α-hetero) is 1. The van der Waals surface area contributed by atoms with Gasteiger partial charge in [0.15, 0.2) is 5.78 Å². The molecule has 0 spiro atoms. The van der Waals surface area contributed by atoms with Gasteiger partial charge in [0, 0.05) is 14.5 Å². The van der Waals surface area contributed by atoms with E-state index in [1.165, 1.54) is 12.1 Å². The van der Waals surface area contributed by atoms with E-state index in [9.17, 15) is 9.18 Å². The Morgan fingerprint density at radius 2 is 1.85 bits per heavy atom. The Morgan fingerprint density at radius 3 is 2.23 bits per heavy atom. The van der Waals surface area contributed by atoms with Gasteiger partial charge in [-0.1, -0.05) is 0 Å². The molecular formula is C8H4Br2ClFO. The second-order valence-electron chi connectivity index (χ2n) is 2.30. The van der Waals surface area contributed by atoms with Crippen LogP contribution < -0.4 is 0 Å². The molecule has 0 aliphatic heterocycles. The summed E-state index contributed by atoms with van der Waals surface area (Å²) in [6.45, 7) is 0. The second-order valence-corrected chi connectivity index (χ2v) is 4.28. The van der Waals surface area contributed by atoms with Gasteiger partial charge in [0.2, 0.25) is 0 Å². The highest BCUT2D eigenvalue weighted by Gasteiger charge is 2.14. The standard InChI is InChI=1S/C8H4Br2ClFO/c9-5-1-4(12)2-6(10)8(5)7(13)3-11/h1-2H,3H2. The summed E-state index contributed by atoms with van der Waals surface area (Å²) in [7, 11) is 0. The number of alkyl halides is 1. The highest BCUT2D eigenvalue weighted by molar-refractivity contribution is 9.11. The van der Waals surface area contributed by atoms with Gasteiger partial charge in [-0.2, -0.15) is 0 Å². The minimum absolute atomic E-state index is 0.122. The largest absolute Gasteiger partial charge is 0.293 e. The van der Waals surface area contributed by atoms with E-state index < -0.39 is 5.82 Å². The molecule has 0 aromatic heterocycles. The van der Waals surface area contributed by atoms with E-state index in [0.29, 0.717) is 14.5 Å². The molecule has 0 bridgehead atoms. The molecule has 5 heteroatoms. The van der Waals surface area contributed by atoms with Gasteiger partial charge in [-0.25, -0.2) is 4.39 Å². The zero-order chi connectivity index (χ0) is 10.0. The number of rotatable bonds is 2. The first-order valence-corrected chi connectivity index (χ1v) is 5.42. The highest BCUT2D eigenvalue weighted by Crippen LogP contribution is 2.27. The van der Waals surface area contributed by atoms with Crippen LogP contribution in [-0.2, 0) is 0 Å². The third-order valence-corrected chi connectivity index (χ3v) is 2.90. The summed E-state index contributed by atoms with van der Waals surface area (Å²) in [5.74, 6) is -0.784. The lowest BCUT2D eigenvalue weighted by atomic mass is 10.1. The average molecular weight is 330 g/mol. The van der Waals surface area contributed by atoms with Crippen LogP contribution in [0.25, 0.3) is 0 Å². The maximum atomic E-state index is 12.8. The molecule has 0 amide bonds. The summed E-state index contributed by atoms with van der Waals surface area (Å²) < 4.78 is 13.6. The van der Waals surface area contributed by atoms with Gasteiger partial charge >= 0.3 is 0 Å². The summed E-state index contributed by atoms with van der Waals surface area (Å²) in [6, 6.07) is 2.45. The molecule has 1 aromatic rings. The molecule has 0 N–H and O–H groups in total. The molecule has 0 unspecified atom stereocenters. The Morgan fingerprint density at radius 1 is 1.38 bits per heavy atom.